The Hall–Kier alpha value is -0.820. The van der Waals surface area contributed by atoms with E-state index in [9.17, 15) is 35.4 Å². The standard InChI is InChI=1S/C32H49NO9.ClH/c1-6-18(3)25(35)41-24-11-12-26(4)19-8-9-20-28(37)13-23(34)31(39)21(29(28,38)16-30(20,26)42-32(19,24)40)15-33-14-17(2)7-10-22(33)27(31,5)36;/h6,17,19-24,34,36-40H,7-16H2,1-5H3;1H/b18-6-;/t17-,19-,20-,21-,22-,23-,24-,26-,27+,28+,29+,30+,31-,32-;/m1./s1. The number of hydrogen-bond acceptors (Lipinski definition) is 10. The van der Waals surface area contributed by atoms with E-state index >= 15 is 0 Å². The van der Waals surface area contributed by atoms with Crippen LogP contribution in [0.1, 0.15) is 86.0 Å². The summed E-state index contributed by atoms with van der Waals surface area (Å²) in [5.74, 6) is -4.05. The Kier molecular flexibility index (Phi) is 7.01. The number of nitrogens with zero attached hydrogens (tertiary/aromatic N) is 1. The highest BCUT2D eigenvalue weighted by Crippen LogP contribution is 2.78. The van der Waals surface area contributed by atoms with Crippen LogP contribution in [0, 0.1) is 29.1 Å². The molecule has 0 radical (unpaired) electrons. The number of carbonyl (C=O) groups is 1. The van der Waals surface area contributed by atoms with Gasteiger partial charge in [-0.3, -0.25) is 4.90 Å². The van der Waals surface area contributed by atoms with Gasteiger partial charge in [-0.2, -0.15) is 0 Å². The van der Waals surface area contributed by atoms with E-state index < -0.39 is 75.1 Å². The molecule has 3 saturated heterocycles. The number of allylic oxidation sites excluding steroid dienone is 1. The molecule has 7 fully saturated rings. The van der Waals surface area contributed by atoms with Crippen molar-refractivity contribution in [1.29, 1.82) is 0 Å². The molecular weight excluding hydrogens is 578 g/mol. The maximum Gasteiger partial charge on any atom is 0.333 e. The van der Waals surface area contributed by atoms with Gasteiger partial charge in [0.15, 0.2) is 6.10 Å². The van der Waals surface area contributed by atoms with Crippen LogP contribution in [0.3, 0.4) is 0 Å². The first-order chi connectivity index (χ1) is 19.5. The van der Waals surface area contributed by atoms with E-state index in [0.717, 1.165) is 6.42 Å². The highest BCUT2D eigenvalue weighted by Gasteiger charge is 2.88. The SMILES string of the molecule is C/C=C(/C)C(=O)O[C@@H]1CC[C@]2(C)[C@H]3CC[C@H]4[C@]2(C[C@]2(O)[C@H]5CN6C[C@H](C)CC[C@@H]6[C@](C)(O)[C@]5(O)[C@H](O)C[C@]42O)O[C@@]13O.Cl. The lowest BCUT2D eigenvalue weighted by Crippen LogP contribution is -2.85. The van der Waals surface area contributed by atoms with Gasteiger partial charge < -0.3 is 40.1 Å². The summed E-state index contributed by atoms with van der Waals surface area (Å²) in [6, 6.07) is -0.387. The number of piperidine rings is 2. The van der Waals surface area contributed by atoms with Crippen molar-refractivity contribution in [3.63, 3.8) is 0 Å². The number of fused-ring (bicyclic) bond motifs is 5. The maximum absolute atomic E-state index is 12.9. The van der Waals surface area contributed by atoms with Gasteiger partial charge in [0.05, 0.1) is 11.7 Å². The topological polar surface area (TPSA) is 160 Å². The van der Waals surface area contributed by atoms with Crippen molar-refractivity contribution in [2.75, 3.05) is 13.1 Å². The van der Waals surface area contributed by atoms with E-state index in [1.807, 2.05) is 6.92 Å². The molecule has 0 aromatic carbocycles. The molecule has 14 atom stereocenters. The lowest BCUT2D eigenvalue weighted by Gasteiger charge is -2.68. The number of carbonyl (C=O) groups excluding carboxylic acids is 1. The van der Waals surface area contributed by atoms with Gasteiger partial charge >= 0.3 is 5.97 Å². The summed E-state index contributed by atoms with van der Waals surface area (Å²) < 4.78 is 12.6. The van der Waals surface area contributed by atoms with Crippen molar-refractivity contribution in [2.45, 2.75) is 138 Å². The molecule has 43 heavy (non-hydrogen) atoms. The van der Waals surface area contributed by atoms with Crippen LogP contribution in [0.5, 0.6) is 0 Å². The third-order valence-corrected chi connectivity index (χ3v) is 14.1. The highest BCUT2D eigenvalue weighted by molar-refractivity contribution is 5.87. The Balaban J connectivity index is 0.00000329. The molecule has 4 bridgehead atoms. The van der Waals surface area contributed by atoms with E-state index in [1.165, 1.54) is 0 Å². The largest absolute Gasteiger partial charge is 0.453 e. The molecule has 7 rings (SSSR count). The first-order valence-electron chi connectivity index (χ1n) is 16.0. The van der Waals surface area contributed by atoms with Crippen molar-refractivity contribution in [3.05, 3.63) is 11.6 Å². The van der Waals surface area contributed by atoms with Gasteiger partial charge in [-0.25, -0.2) is 4.79 Å². The molecule has 0 aromatic heterocycles. The summed E-state index contributed by atoms with van der Waals surface area (Å²) >= 11 is 0. The molecule has 0 aromatic rings. The molecular formula is C32H50ClNO9. The number of rotatable bonds is 2. The summed E-state index contributed by atoms with van der Waals surface area (Å²) in [5.41, 5.74) is -8.96. The first kappa shape index (κ1) is 32.1. The fraction of sp³-hybridized carbons (Fsp3) is 0.906. The van der Waals surface area contributed by atoms with Gasteiger partial charge in [-0.1, -0.05) is 19.9 Å². The summed E-state index contributed by atoms with van der Waals surface area (Å²) in [7, 11) is 0. The second kappa shape index (κ2) is 9.38. The second-order valence-electron chi connectivity index (χ2n) is 15.7. The number of aliphatic hydroxyl groups excluding tert-OH is 1. The zero-order valence-corrected chi connectivity index (χ0v) is 26.8. The zero-order chi connectivity index (χ0) is 30.5. The van der Waals surface area contributed by atoms with Crippen molar-refractivity contribution in [2.24, 2.45) is 29.1 Å². The van der Waals surface area contributed by atoms with Crippen LogP contribution in [-0.2, 0) is 14.3 Å². The van der Waals surface area contributed by atoms with Crippen LogP contribution in [0.2, 0.25) is 0 Å². The van der Waals surface area contributed by atoms with Crippen LogP contribution in [-0.4, -0.2) is 107 Å². The van der Waals surface area contributed by atoms with Crippen LogP contribution in [0.15, 0.2) is 11.6 Å². The maximum atomic E-state index is 12.9. The lowest BCUT2D eigenvalue weighted by molar-refractivity contribution is -0.354. The normalized spacial score (nSPS) is 58.9. The van der Waals surface area contributed by atoms with Gasteiger partial charge in [-0.05, 0) is 65.2 Å². The van der Waals surface area contributed by atoms with Crippen LogP contribution < -0.4 is 0 Å². The smallest absolute Gasteiger partial charge is 0.333 e. The molecule has 6 N–H and O–H groups in total. The molecule has 1 spiro atoms. The monoisotopic (exact) mass is 627 g/mol. The molecule has 11 heteroatoms. The molecule has 244 valence electrons. The van der Waals surface area contributed by atoms with Crippen molar-refractivity contribution in [3.8, 4) is 0 Å². The fourth-order valence-corrected chi connectivity index (χ4v) is 11.8. The number of ether oxygens (including phenoxy) is 2. The molecule has 10 nitrogen and oxygen atoms in total. The average Bonchev–Trinajstić information content (AvgIpc) is 3.09. The third-order valence-electron chi connectivity index (χ3n) is 14.1. The van der Waals surface area contributed by atoms with Crippen LogP contribution in [0.4, 0.5) is 0 Å². The summed E-state index contributed by atoms with van der Waals surface area (Å²) in [6.45, 7) is 10.1. The Morgan fingerprint density at radius 3 is 2.30 bits per heavy atom. The van der Waals surface area contributed by atoms with E-state index in [1.54, 1.807) is 26.8 Å². The van der Waals surface area contributed by atoms with E-state index in [-0.39, 0.29) is 37.8 Å². The van der Waals surface area contributed by atoms with Crippen LogP contribution in [0.25, 0.3) is 0 Å². The number of halogens is 1. The summed E-state index contributed by atoms with van der Waals surface area (Å²) in [6.07, 6.45) is 2.30. The molecule has 3 aliphatic heterocycles. The van der Waals surface area contributed by atoms with Crippen molar-refractivity contribution >= 4 is 18.4 Å². The third kappa shape index (κ3) is 3.46. The Morgan fingerprint density at radius 2 is 1.63 bits per heavy atom. The van der Waals surface area contributed by atoms with E-state index in [0.29, 0.717) is 50.1 Å². The number of aliphatic hydroxyl groups is 6. The number of hydrogen-bond donors (Lipinski definition) is 6. The minimum absolute atomic E-state index is 0. The van der Waals surface area contributed by atoms with Gasteiger partial charge in [0.2, 0.25) is 5.79 Å². The highest BCUT2D eigenvalue weighted by atomic mass is 35.5. The zero-order valence-electron chi connectivity index (χ0n) is 26.0. The van der Waals surface area contributed by atoms with Gasteiger partial charge in [0.1, 0.15) is 22.4 Å². The van der Waals surface area contributed by atoms with Gasteiger partial charge in [-0.15, -0.1) is 12.4 Å². The molecule has 4 saturated carbocycles. The van der Waals surface area contributed by atoms with Gasteiger partial charge in [0, 0.05) is 60.7 Å². The van der Waals surface area contributed by atoms with E-state index in [2.05, 4.69) is 11.8 Å². The molecule has 3 heterocycles. The fourth-order valence-electron chi connectivity index (χ4n) is 11.8. The minimum Gasteiger partial charge on any atom is -0.453 e. The lowest BCUT2D eigenvalue weighted by atomic mass is 9.49. The Labute approximate surface area is 259 Å². The van der Waals surface area contributed by atoms with Crippen molar-refractivity contribution < 1.29 is 44.9 Å². The number of esters is 1. The minimum atomic E-state index is -2.06. The molecule has 0 amide bonds. The Morgan fingerprint density at radius 1 is 0.953 bits per heavy atom. The first-order valence-corrected chi connectivity index (χ1v) is 16.0. The predicted octanol–water partition coefficient (Wildman–Crippen LogP) is 1.41. The second-order valence-corrected chi connectivity index (χ2v) is 15.7. The average molecular weight is 628 g/mol. The summed E-state index contributed by atoms with van der Waals surface area (Å²) in [4.78, 5) is 14.9. The Bertz CT molecular complexity index is 1230. The van der Waals surface area contributed by atoms with Crippen molar-refractivity contribution in [1.82, 2.24) is 4.90 Å². The molecule has 7 aliphatic rings. The quantitative estimate of drug-likeness (QED) is 0.195. The molecule has 4 aliphatic carbocycles. The summed E-state index contributed by atoms with van der Waals surface area (Å²) in [5, 5.41) is 73.9. The van der Waals surface area contributed by atoms with E-state index in [4.69, 9.17) is 9.47 Å². The molecule has 0 unspecified atom stereocenters. The predicted molar refractivity (Wildman–Crippen MR) is 157 cm³/mol. The van der Waals surface area contributed by atoms with Crippen LogP contribution >= 0.6 is 12.4 Å². The van der Waals surface area contributed by atoms with Gasteiger partial charge in [0.25, 0.3) is 0 Å².